The zero-order valence-electron chi connectivity index (χ0n) is 76.3. The van der Waals surface area contributed by atoms with Crippen molar-refractivity contribution in [2.75, 3.05) is 81.2 Å². The van der Waals surface area contributed by atoms with Crippen LogP contribution < -0.4 is 56.9 Å². The Bertz CT molecular complexity index is 7660. The van der Waals surface area contributed by atoms with E-state index in [2.05, 4.69) is 97.0 Å². The van der Waals surface area contributed by atoms with Gasteiger partial charge in [0.25, 0.3) is 11.1 Å². The van der Waals surface area contributed by atoms with Gasteiger partial charge in [-0.25, -0.2) is 78.9 Å². The number of hydrogen-bond acceptors (Lipinski definition) is 53. The van der Waals surface area contributed by atoms with Crippen molar-refractivity contribution in [3.63, 3.8) is 0 Å². The van der Waals surface area contributed by atoms with Crippen LogP contribution in [0.25, 0.3) is 55.8 Å². The highest BCUT2D eigenvalue weighted by Crippen LogP contribution is 2.61. The van der Waals surface area contributed by atoms with Crippen molar-refractivity contribution in [3.05, 3.63) is 122 Å². The maximum Gasteiger partial charge on any atom is 0.386 e. The molecule has 0 bridgehead atoms. The minimum Gasteiger partial charge on any atom is -0.383 e. The summed E-state index contributed by atoms with van der Waals surface area (Å²) in [6.45, 7) is -31.0. The first-order valence-electron chi connectivity index (χ1n) is 43.9. The molecule has 76 heteroatoms. The zero-order chi connectivity index (χ0) is 104. The highest BCUT2D eigenvalue weighted by atomic mass is 32.7. The average Bonchev–Trinajstić information content (AvgIpc) is 1.63. The van der Waals surface area contributed by atoms with Crippen molar-refractivity contribution in [2.24, 2.45) is 0 Å². The smallest absolute Gasteiger partial charge is 0.383 e. The fraction of sp³-hybridized carbons (Fsp3) is 0.535. The lowest BCUT2D eigenvalue weighted by Crippen LogP contribution is -2.33. The molecular weight excluding hydrogens is 2230 g/mol. The Balaban J connectivity index is 0.534. The SMILES string of the molecule is COP(O)(=S)OC1C[C@H](n2cnc3c(=O)[nH]c(N)nc32)O[C@@H]1COP(O)(=S)OC1C[C@H](n2cnc3c(N)ncnc32)O[C@@H]1COP(O)(=S)OC1C[C@H](n2cc(C)c(N)nc2=O)O[C@@H]1COP(O)(=S)OC1C[C@H](n2cc(C)c(=O)[nH]c2=O)O[C@@H]1COP(=O)(S)OC1C[C@H](n2cnc3c(N)ncnc32)O[C@@H]1COP(O)(=S)OC1C[C@H](n2cnc3c(N)ncnc32)O[C@@H]1COP(O)(=S)OC1C[C@H](n2cnc3c(N)ncnc32)O[C@@H]1C. The van der Waals surface area contributed by atoms with Crippen LogP contribution in [0.3, 0.4) is 0 Å². The number of aryl methyl sites for hydroxylation is 2. The fourth-order valence-corrected chi connectivity index (χ4v) is 27.3. The molecule has 14 unspecified atom stereocenters. The van der Waals surface area contributed by atoms with Gasteiger partial charge >= 0.3 is 58.5 Å². The molecule has 7 fully saturated rings. The molecule has 28 atom stereocenters. The van der Waals surface area contributed by atoms with Gasteiger partial charge in [0.1, 0.15) is 140 Å². The first kappa shape index (κ1) is 108. The van der Waals surface area contributed by atoms with Crippen LogP contribution >= 0.6 is 59.4 Å². The van der Waals surface area contributed by atoms with E-state index < -0.39 is 245 Å². The van der Waals surface area contributed by atoms with Crippen LogP contribution in [0.2, 0.25) is 0 Å². The van der Waals surface area contributed by atoms with E-state index in [1.54, 1.807) is 18.4 Å². The molecule has 794 valence electrons. The van der Waals surface area contributed by atoms with Crippen LogP contribution in [-0.2, 0) is 172 Å². The van der Waals surface area contributed by atoms with Crippen molar-refractivity contribution in [1.29, 1.82) is 0 Å². The van der Waals surface area contributed by atoms with Gasteiger partial charge in [-0.3, -0.25) is 60.6 Å². The number of nitrogens with zero attached hydrogens (tertiary/aromatic N) is 22. The summed E-state index contributed by atoms with van der Waals surface area (Å²) in [6, 6.07) is 0. The summed E-state index contributed by atoms with van der Waals surface area (Å²) < 4.78 is 154. The molecule has 7 aliphatic heterocycles. The van der Waals surface area contributed by atoms with Gasteiger partial charge in [0.15, 0.2) is 57.0 Å². The number of aromatic nitrogens is 24. The number of H-pyrrole nitrogens is 2. The maximum atomic E-state index is 15.1. The highest BCUT2D eigenvalue weighted by molar-refractivity contribution is 8.44. The number of hydrogen-bond donors (Lipinski definition) is 15. The lowest BCUT2D eigenvalue weighted by atomic mass is 10.2. The molecule has 0 radical (unpaired) electrons. The van der Waals surface area contributed by atoms with Gasteiger partial charge in [-0.2, -0.15) is 9.97 Å². The van der Waals surface area contributed by atoms with Gasteiger partial charge in [0.2, 0.25) is 5.95 Å². The molecule has 19 heterocycles. The summed E-state index contributed by atoms with van der Waals surface area (Å²) in [5.41, 5.74) is 35.6. The topological polar surface area (TPSA) is 816 Å². The number of thiol groups is 1. The second-order valence-electron chi connectivity index (χ2n) is 34.0. The summed E-state index contributed by atoms with van der Waals surface area (Å²) in [7, 11) is 1.13. The third-order valence-electron chi connectivity index (χ3n) is 24.4. The van der Waals surface area contributed by atoms with Crippen molar-refractivity contribution in [2.45, 2.75) is 195 Å². The molecule has 19 rings (SSSR count). The van der Waals surface area contributed by atoms with Gasteiger partial charge in [-0.05, 0) is 91.6 Å². The molecule has 20 N–H and O–H groups in total. The van der Waals surface area contributed by atoms with Gasteiger partial charge in [-0.15, -0.1) is 0 Å². The number of aromatic amines is 2. The standard InChI is InChI=1S/C71H91N30O32P7S7/c1-29-12-95(70(104)91-57(29)72)45-6-34(129-137(109,144)118-18-43-37(10-49(124-43)99-26-88-54-60(75)80-22-84-64(54)99)132-138(110,145)115-14-39-33(128-134(106,141)113-4)8-51(126-39)101-28-90-56-66(101)92-69(77)93-68(56)103)40(121-45)15-116-136(108,143)130-35-7-46(96-13-30(2)67(102)94-71(96)105)122-41(35)16-117-139(111,146)133-38-11-50(100-27-89-55-61(76)81-23-85-65(55)100)125-44(38)19-119-140(112,147)131-36-9-48(98-25-87-53-59(74)79-21-83-63(53)98)123-42(36)17-114-135(107,142)127-32-5-47(120-31(32)3)97-24-86-52-58(73)78-20-82-62(52)97/h12-13,20-28,31-51H,5-11,14-19H2,1-4H3,(H,106,141)(H,107,142)(H,108,143)(H,109,144)(H,110,145)(H,111,146)(H,112,147)(H2,72,91,104)(H2,73,78,82)(H2,74,79,83)(H2,75,80,84)(H2,76,81,85)(H,94,102,105)(H3,77,92,93,103)/t31-,32?,33?,34?,35?,36?,37?,38?,39-,40-,41-,42-,43-,44-,45-,46-,47-,48-,49-,50-,51-,134?,135?,136?,137?,138?,139?,140?/m1/s1. The van der Waals surface area contributed by atoms with Crippen LogP contribution in [0.15, 0.2) is 88.5 Å². The molecule has 0 aromatic carbocycles. The largest absolute Gasteiger partial charge is 0.386 e. The van der Waals surface area contributed by atoms with Crippen LogP contribution in [0, 0.1) is 13.8 Å². The Labute approximate surface area is 860 Å². The van der Waals surface area contributed by atoms with E-state index in [0.29, 0.717) is 16.7 Å². The van der Waals surface area contributed by atoms with Crippen molar-refractivity contribution < 1.29 is 130 Å². The predicted molar refractivity (Wildman–Crippen MR) is 533 cm³/mol. The molecule has 147 heavy (non-hydrogen) atoms. The lowest BCUT2D eigenvalue weighted by molar-refractivity contribution is -0.0564. The second kappa shape index (κ2) is 43.0. The quantitative estimate of drug-likeness (QED) is 0.0193. The summed E-state index contributed by atoms with van der Waals surface area (Å²) >= 11 is 38.0. The molecule has 12 aromatic heterocycles. The second-order valence-corrected chi connectivity index (χ2v) is 53.8. The van der Waals surface area contributed by atoms with E-state index in [1.165, 1.54) is 94.5 Å². The first-order valence-corrected chi connectivity index (χ1v) is 62.1. The fourth-order valence-electron chi connectivity index (χ4n) is 17.4. The molecule has 0 aliphatic carbocycles. The minimum atomic E-state index is -4.83. The summed E-state index contributed by atoms with van der Waals surface area (Å²) in [5, 5.41) is 0. The van der Waals surface area contributed by atoms with E-state index in [1.807, 2.05) is 0 Å². The number of rotatable bonds is 40. The number of nitrogens with one attached hydrogen (secondary N) is 2. The van der Waals surface area contributed by atoms with Gasteiger partial charge < -0.3 is 151 Å². The number of imidazole rings is 5. The van der Waals surface area contributed by atoms with Crippen LogP contribution in [0.1, 0.15) is 107 Å². The van der Waals surface area contributed by atoms with Crippen LogP contribution in [-0.4, -0.2) is 278 Å². The minimum absolute atomic E-state index is 0.00552. The molecule has 0 spiro atoms. The third kappa shape index (κ3) is 24.0. The molecule has 7 aliphatic rings. The third-order valence-corrected chi connectivity index (χ3v) is 35.7. The van der Waals surface area contributed by atoms with Gasteiger partial charge in [0.05, 0.1) is 114 Å². The number of fused-ring (bicyclic) bond motifs is 5. The van der Waals surface area contributed by atoms with Crippen LogP contribution in [0.5, 0.6) is 0 Å². The van der Waals surface area contributed by atoms with E-state index in [-0.39, 0.29) is 124 Å². The Morgan fingerprint density at radius 2 is 0.653 bits per heavy atom. The summed E-state index contributed by atoms with van der Waals surface area (Å²) in [6.07, 6.45) is -12.3. The van der Waals surface area contributed by atoms with Crippen molar-refractivity contribution >= 4 is 221 Å². The summed E-state index contributed by atoms with van der Waals surface area (Å²) in [4.78, 5) is 192. The molecular formula is C71H91N30O32P7S7. The number of nitrogen functional groups attached to an aromatic ring is 6. The summed E-state index contributed by atoms with van der Waals surface area (Å²) in [5.74, 6) is -0.114. The van der Waals surface area contributed by atoms with E-state index in [0.717, 1.165) is 16.2 Å². The Morgan fingerprint density at radius 1 is 0.361 bits per heavy atom. The lowest BCUT2D eigenvalue weighted by Gasteiger charge is -2.28. The van der Waals surface area contributed by atoms with Gasteiger partial charge in [-0.1, -0.05) is 12.2 Å². The van der Waals surface area contributed by atoms with E-state index in [4.69, 9.17) is 202 Å². The van der Waals surface area contributed by atoms with Crippen LogP contribution in [0.4, 0.5) is 35.0 Å². The average molecular weight is 2320 g/mol. The number of anilines is 6. The highest BCUT2D eigenvalue weighted by Gasteiger charge is 2.52. The zero-order valence-corrected chi connectivity index (χ0v) is 88.3. The van der Waals surface area contributed by atoms with E-state index in [9.17, 15) is 48.5 Å². The van der Waals surface area contributed by atoms with Crippen molar-refractivity contribution in [3.8, 4) is 0 Å². The van der Waals surface area contributed by atoms with Gasteiger partial charge in [0, 0.05) is 75.6 Å². The number of nitrogens with two attached hydrogens (primary N) is 6. The molecule has 62 nitrogen and oxygen atoms in total. The normalized spacial score (nSPS) is 29.4. The van der Waals surface area contributed by atoms with Crippen molar-refractivity contribution in [1.82, 2.24) is 117 Å². The molecule has 7 saturated heterocycles. The number of ether oxygens (including phenoxy) is 7. The monoisotopic (exact) mass is 2320 g/mol. The molecule has 0 saturated carbocycles. The Kier molecular flexibility index (Phi) is 31.5. The first-order chi connectivity index (χ1) is 69.6. The van der Waals surface area contributed by atoms with E-state index >= 15 is 4.57 Å². The maximum absolute atomic E-state index is 15.1. The predicted octanol–water partition coefficient (Wildman–Crippen LogP) is 2.21. The molecule has 0 amide bonds. The Morgan fingerprint density at radius 3 is 1.01 bits per heavy atom. The Hall–Kier alpha value is -7.69. The molecule has 12 aromatic rings.